The molecule has 0 aliphatic rings. The minimum Gasteiger partial charge on any atom is -0.481 e. The number of benzene rings is 4. The van der Waals surface area contributed by atoms with Gasteiger partial charge < -0.3 is 5.11 Å². The minimum absolute atomic E-state index is 0.179. The molecule has 1 N–H and O–H groups in total. The Morgan fingerprint density at radius 1 is 0.778 bits per heavy atom. The zero-order chi connectivity index (χ0) is 31.3. The van der Waals surface area contributed by atoms with Gasteiger partial charge in [-0.15, -0.1) is 10.2 Å². The number of para-hydroxylation sites is 3. The van der Waals surface area contributed by atoms with Gasteiger partial charge in [-0.1, -0.05) is 102 Å². The van der Waals surface area contributed by atoms with E-state index in [1.54, 1.807) is 22.8 Å². The first-order valence-corrected chi connectivity index (χ1v) is 15.9. The third-order valence-electron chi connectivity index (χ3n) is 7.04. The molecule has 0 aliphatic carbocycles. The predicted octanol–water partition coefficient (Wildman–Crippen LogP) is 6.39. The normalized spacial score (nSPS) is 11.8. The van der Waals surface area contributed by atoms with Crippen LogP contribution in [0, 0.1) is 6.92 Å². The van der Waals surface area contributed by atoms with Crippen molar-refractivity contribution in [2.75, 3.05) is 0 Å². The number of thioether (sulfide) groups is 2. The summed E-state index contributed by atoms with van der Waals surface area (Å²) in [5, 5.41) is 19.0. The van der Waals surface area contributed by atoms with Gasteiger partial charge in [0.2, 0.25) is 0 Å². The molecule has 0 saturated carbocycles. The molecule has 11 heteroatoms. The number of Topliss-reactive ketones (excluding diaryl/α,β-unsaturated/α-hetero) is 1. The molecule has 0 amide bonds. The fourth-order valence-corrected chi connectivity index (χ4v) is 6.88. The van der Waals surface area contributed by atoms with Gasteiger partial charge in [0.25, 0.3) is 5.56 Å². The maximum absolute atomic E-state index is 13.7. The molecule has 6 aromatic rings. The van der Waals surface area contributed by atoms with Gasteiger partial charge in [0.05, 0.1) is 34.0 Å². The summed E-state index contributed by atoms with van der Waals surface area (Å²) in [6.07, 6.45) is -0.381. The summed E-state index contributed by atoms with van der Waals surface area (Å²) in [6, 6.07) is 33.1. The summed E-state index contributed by atoms with van der Waals surface area (Å²) in [4.78, 5) is 43.8. The molecule has 45 heavy (non-hydrogen) atoms. The fraction of sp³-hybridized carbons (Fsp3) is 0.118. The van der Waals surface area contributed by atoms with Gasteiger partial charge in [0.15, 0.2) is 16.1 Å². The number of hydrogen-bond acceptors (Lipinski definition) is 8. The highest BCUT2D eigenvalue weighted by molar-refractivity contribution is 8.00. The van der Waals surface area contributed by atoms with Gasteiger partial charge in [0, 0.05) is 11.3 Å². The van der Waals surface area contributed by atoms with E-state index < -0.39 is 11.2 Å². The maximum Gasteiger partial charge on any atom is 0.304 e. The Kier molecular flexibility index (Phi) is 8.90. The Morgan fingerprint density at radius 3 is 2.07 bits per heavy atom. The van der Waals surface area contributed by atoms with Crippen molar-refractivity contribution in [3.05, 3.63) is 136 Å². The van der Waals surface area contributed by atoms with Gasteiger partial charge >= 0.3 is 5.97 Å². The van der Waals surface area contributed by atoms with Gasteiger partial charge in [0.1, 0.15) is 5.82 Å². The van der Waals surface area contributed by atoms with Gasteiger partial charge in [-0.05, 0) is 43.3 Å². The quantitative estimate of drug-likeness (QED) is 0.0984. The maximum atomic E-state index is 13.7. The van der Waals surface area contributed by atoms with Crippen molar-refractivity contribution >= 4 is 46.2 Å². The molecule has 0 spiro atoms. The van der Waals surface area contributed by atoms with E-state index in [-0.39, 0.29) is 23.5 Å². The highest BCUT2D eigenvalue weighted by Crippen LogP contribution is 2.32. The number of aromatic nitrogens is 5. The number of rotatable bonds is 11. The van der Waals surface area contributed by atoms with Crippen LogP contribution in [0.25, 0.3) is 22.3 Å². The summed E-state index contributed by atoms with van der Waals surface area (Å²) in [5.74, 6) is -0.549. The van der Waals surface area contributed by atoms with Crippen LogP contribution in [0.2, 0.25) is 0 Å². The fourth-order valence-electron chi connectivity index (χ4n) is 4.83. The SMILES string of the molecule is Cc1ccc(C(=O)C(CC(=O)O)Sc2nnc(CSc3nc4ccccc4c(=O)n3-c3ccccc3)n2-c2ccccc2)cc1. The summed E-state index contributed by atoms with van der Waals surface area (Å²) in [5.41, 5.74) is 3.28. The molecule has 0 bridgehead atoms. The molecule has 0 radical (unpaired) electrons. The highest BCUT2D eigenvalue weighted by Gasteiger charge is 2.28. The van der Waals surface area contributed by atoms with E-state index in [2.05, 4.69) is 10.2 Å². The Balaban J connectivity index is 1.38. The second-order valence-electron chi connectivity index (χ2n) is 10.2. The topological polar surface area (TPSA) is 120 Å². The van der Waals surface area contributed by atoms with Crippen LogP contribution in [0.5, 0.6) is 0 Å². The van der Waals surface area contributed by atoms with E-state index in [1.807, 2.05) is 102 Å². The van der Waals surface area contributed by atoms with Gasteiger partial charge in [-0.3, -0.25) is 23.5 Å². The first-order valence-electron chi connectivity index (χ1n) is 14.1. The van der Waals surface area contributed by atoms with Crippen molar-refractivity contribution in [2.45, 2.75) is 34.7 Å². The number of hydrogen-bond donors (Lipinski definition) is 1. The van der Waals surface area contributed by atoms with Crippen LogP contribution in [0.3, 0.4) is 0 Å². The van der Waals surface area contributed by atoms with E-state index in [1.165, 1.54) is 11.8 Å². The molecule has 4 aromatic carbocycles. The number of ketones is 1. The average Bonchev–Trinajstić information content (AvgIpc) is 3.46. The van der Waals surface area contributed by atoms with E-state index >= 15 is 0 Å². The number of fused-ring (bicyclic) bond motifs is 1. The van der Waals surface area contributed by atoms with Crippen molar-refractivity contribution in [3.63, 3.8) is 0 Å². The van der Waals surface area contributed by atoms with E-state index in [4.69, 9.17) is 4.98 Å². The van der Waals surface area contributed by atoms with Crippen LogP contribution < -0.4 is 5.56 Å². The number of carbonyl (C=O) groups is 2. The average molecular weight is 634 g/mol. The standard InChI is InChI=1S/C34H27N5O4S2/c1-22-16-18-23(19-17-22)31(42)28(20-30(40)41)45-34-37-36-29(38(34)24-10-4-2-5-11-24)21-44-33-35-27-15-9-8-14-26(27)32(43)39(33)25-12-6-3-7-13-25/h2-19,28H,20-21H2,1H3,(H,40,41). The number of carbonyl (C=O) groups excluding carboxylic acids is 1. The number of aliphatic carboxylic acids is 1. The smallest absolute Gasteiger partial charge is 0.304 e. The van der Waals surface area contributed by atoms with E-state index in [0.29, 0.717) is 38.3 Å². The van der Waals surface area contributed by atoms with Crippen LogP contribution in [0.15, 0.2) is 124 Å². The zero-order valence-corrected chi connectivity index (χ0v) is 25.7. The molecule has 0 aliphatic heterocycles. The number of nitrogens with zero attached hydrogens (tertiary/aromatic N) is 5. The Labute approximate surface area is 267 Å². The lowest BCUT2D eigenvalue weighted by atomic mass is 10.0. The van der Waals surface area contributed by atoms with Crippen LogP contribution in [-0.2, 0) is 10.5 Å². The number of carboxylic acid groups (broad SMARTS) is 1. The summed E-state index contributed by atoms with van der Waals surface area (Å²) in [7, 11) is 0. The monoisotopic (exact) mass is 633 g/mol. The second kappa shape index (κ2) is 13.3. The highest BCUT2D eigenvalue weighted by atomic mass is 32.2. The lowest BCUT2D eigenvalue weighted by Gasteiger charge is -2.16. The first kappa shape index (κ1) is 30.0. The van der Waals surface area contributed by atoms with Crippen LogP contribution in [0.1, 0.15) is 28.2 Å². The summed E-state index contributed by atoms with van der Waals surface area (Å²) in [6.45, 7) is 1.92. The molecule has 2 aromatic heterocycles. The lowest BCUT2D eigenvalue weighted by Crippen LogP contribution is -2.22. The van der Waals surface area contributed by atoms with E-state index in [9.17, 15) is 19.5 Å². The second-order valence-corrected chi connectivity index (χ2v) is 12.3. The van der Waals surface area contributed by atoms with Crippen molar-refractivity contribution in [1.29, 1.82) is 0 Å². The summed E-state index contributed by atoms with van der Waals surface area (Å²) >= 11 is 2.41. The van der Waals surface area contributed by atoms with E-state index in [0.717, 1.165) is 23.0 Å². The van der Waals surface area contributed by atoms with Crippen LogP contribution in [0.4, 0.5) is 0 Å². The largest absolute Gasteiger partial charge is 0.481 e. The third-order valence-corrected chi connectivity index (χ3v) is 9.12. The molecule has 2 heterocycles. The van der Waals surface area contributed by atoms with Crippen molar-refractivity contribution < 1.29 is 14.7 Å². The molecule has 0 saturated heterocycles. The zero-order valence-electron chi connectivity index (χ0n) is 24.1. The molecule has 6 rings (SSSR count). The molecule has 224 valence electrons. The molecule has 9 nitrogen and oxygen atoms in total. The first-order chi connectivity index (χ1) is 21.9. The van der Waals surface area contributed by atoms with Crippen molar-refractivity contribution in [1.82, 2.24) is 24.3 Å². The predicted molar refractivity (Wildman–Crippen MR) is 176 cm³/mol. The van der Waals surface area contributed by atoms with Crippen molar-refractivity contribution in [3.8, 4) is 11.4 Å². The van der Waals surface area contributed by atoms with Crippen LogP contribution >= 0.6 is 23.5 Å². The Hall–Kier alpha value is -5.00. The Morgan fingerprint density at radius 2 is 1.40 bits per heavy atom. The Bertz CT molecular complexity index is 2050. The molecule has 1 atom stereocenters. The minimum atomic E-state index is -1.09. The molecule has 1 unspecified atom stereocenters. The van der Waals surface area contributed by atoms with Crippen molar-refractivity contribution in [2.24, 2.45) is 0 Å². The number of carboxylic acids is 1. The van der Waals surface area contributed by atoms with Crippen LogP contribution in [-0.4, -0.2) is 46.4 Å². The van der Waals surface area contributed by atoms with Gasteiger partial charge in [-0.2, -0.15) is 0 Å². The number of aryl methyl sites for hydroxylation is 1. The molecular weight excluding hydrogens is 607 g/mol. The third kappa shape index (κ3) is 6.59. The lowest BCUT2D eigenvalue weighted by molar-refractivity contribution is -0.136. The molecule has 0 fully saturated rings. The molecular formula is C34H27N5O4S2. The summed E-state index contributed by atoms with van der Waals surface area (Å²) < 4.78 is 3.41. The van der Waals surface area contributed by atoms with Gasteiger partial charge in [-0.25, -0.2) is 4.98 Å².